The highest BCUT2D eigenvalue weighted by atomic mass is 35.5. The van der Waals surface area contributed by atoms with E-state index in [1.165, 1.54) is 22.7 Å². The van der Waals surface area contributed by atoms with Crippen molar-refractivity contribution in [2.24, 2.45) is 4.99 Å². The fraction of sp³-hybridized carbons (Fsp3) is 0.162. The largest absolute Gasteiger partial charge is 0.492 e. The van der Waals surface area contributed by atoms with Crippen LogP contribution in [0, 0.1) is 6.92 Å². The highest BCUT2D eigenvalue weighted by Gasteiger charge is 2.35. The lowest BCUT2D eigenvalue weighted by molar-refractivity contribution is -0.138. The van der Waals surface area contributed by atoms with Gasteiger partial charge in [-0.25, -0.2) is 9.79 Å². The Balaban J connectivity index is 1.33. The van der Waals surface area contributed by atoms with Crippen molar-refractivity contribution < 1.29 is 14.3 Å². The number of aromatic nitrogens is 2. The molecule has 1 aliphatic rings. The molecule has 0 spiro atoms. The van der Waals surface area contributed by atoms with Gasteiger partial charge in [0.1, 0.15) is 18.4 Å². The summed E-state index contributed by atoms with van der Waals surface area (Å²) in [6.45, 7) is 5.01. The molecule has 7 nitrogen and oxygen atoms in total. The third-order valence-electron chi connectivity index (χ3n) is 8.02. The van der Waals surface area contributed by atoms with Crippen molar-refractivity contribution >= 4 is 62.9 Å². The van der Waals surface area contributed by atoms with E-state index in [0.29, 0.717) is 38.8 Å². The molecule has 4 heterocycles. The molecular formula is C37H30ClN3O4S2. The molecule has 236 valence electrons. The molecule has 7 rings (SSSR count). The highest BCUT2D eigenvalue weighted by Crippen LogP contribution is 2.37. The molecule has 0 fully saturated rings. The zero-order valence-corrected chi connectivity index (χ0v) is 28.1. The Kier molecular flexibility index (Phi) is 8.68. The molecule has 1 aliphatic heterocycles. The number of hydrogen-bond donors (Lipinski definition) is 0. The number of thiophene rings is 1. The average molecular weight is 680 g/mol. The van der Waals surface area contributed by atoms with Crippen LogP contribution in [-0.4, -0.2) is 28.3 Å². The van der Waals surface area contributed by atoms with Gasteiger partial charge in [0.15, 0.2) is 4.80 Å². The van der Waals surface area contributed by atoms with E-state index in [9.17, 15) is 9.59 Å². The van der Waals surface area contributed by atoms with E-state index in [4.69, 9.17) is 26.1 Å². The number of carbonyl (C=O) groups excluding carboxylic acids is 1. The van der Waals surface area contributed by atoms with Gasteiger partial charge in [-0.1, -0.05) is 77.5 Å². The highest BCUT2D eigenvalue weighted by molar-refractivity contribution is 7.10. The summed E-state index contributed by atoms with van der Waals surface area (Å²) in [5.41, 5.74) is 4.36. The molecule has 0 N–H and O–H groups in total. The zero-order valence-electron chi connectivity index (χ0n) is 25.7. The molecule has 0 radical (unpaired) electrons. The maximum atomic E-state index is 14.3. The SMILES string of the molecule is CCOC(=O)C1=C(c2ccccc2)N=c2sc(=Cc3cn(CCOc4ccc(Cl)c(C)c4)c4ccccc34)c(=O)n2[C@H]1c1cccs1. The first-order chi connectivity index (χ1) is 22.9. The summed E-state index contributed by atoms with van der Waals surface area (Å²) in [5.74, 6) is 0.281. The van der Waals surface area contributed by atoms with Crippen LogP contribution in [-0.2, 0) is 16.1 Å². The minimum Gasteiger partial charge on any atom is -0.492 e. The van der Waals surface area contributed by atoms with Crippen LogP contribution in [0.1, 0.15) is 34.5 Å². The fourth-order valence-corrected chi connectivity index (χ4v) is 7.77. The van der Waals surface area contributed by atoms with Crippen molar-refractivity contribution in [3.05, 3.63) is 148 Å². The molecule has 0 bridgehead atoms. The van der Waals surface area contributed by atoms with Crippen LogP contribution in [0.4, 0.5) is 0 Å². The maximum absolute atomic E-state index is 14.3. The molecule has 0 unspecified atom stereocenters. The summed E-state index contributed by atoms with van der Waals surface area (Å²) >= 11 is 8.99. The Morgan fingerprint density at radius 2 is 1.85 bits per heavy atom. The smallest absolute Gasteiger partial charge is 0.338 e. The maximum Gasteiger partial charge on any atom is 0.338 e. The second kappa shape index (κ2) is 13.2. The Morgan fingerprint density at radius 3 is 2.62 bits per heavy atom. The first kappa shape index (κ1) is 30.9. The summed E-state index contributed by atoms with van der Waals surface area (Å²) in [6.07, 6.45) is 3.98. The molecule has 0 saturated carbocycles. The van der Waals surface area contributed by atoms with Crippen LogP contribution in [0.25, 0.3) is 22.7 Å². The normalized spacial score (nSPS) is 14.7. The van der Waals surface area contributed by atoms with Gasteiger partial charge in [0.05, 0.1) is 29.0 Å². The molecule has 10 heteroatoms. The first-order valence-corrected chi connectivity index (χ1v) is 17.3. The van der Waals surface area contributed by atoms with Gasteiger partial charge in [-0.05, 0) is 61.2 Å². The lowest BCUT2D eigenvalue weighted by Crippen LogP contribution is -2.39. The number of halogens is 1. The molecule has 0 amide bonds. The van der Waals surface area contributed by atoms with Crippen LogP contribution in [0.3, 0.4) is 0 Å². The molecule has 0 saturated heterocycles. The van der Waals surface area contributed by atoms with E-state index in [0.717, 1.165) is 38.2 Å². The third-order valence-corrected chi connectivity index (χ3v) is 10.4. The second-order valence-corrected chi connectivity index (χ2v) is 13.4. The standard InChI is InChI=1S/C37H30ClN3O4S2/c1-3-44-36(43)32-33(24-10-5-4-6-11-24)39-37-41(34(32)30-14-9-19-46-30)35(42)31(47-37)21-25-22-40(29-13-8-7-12-27(25)29)17-18-45-26-15-16-28(38)23(2)20-26/h4-16,19-22,34H,3,17-18H2,1-2H3/t34-/m0/s1. The average Bonchev–Trinajstić information content (AvgIpc) is 3.82. The van der Waals surface area contributed by atoms with Gasteiger partial charge in [-0.2, -0.15) is 0 Å². The number of esters is 1. The molecule has 3 aromatic heterocycles. The van der Waals surface area contributed by atoms with Crippen molar-refractivity contribution in [2.45, 2.75) is 26.4 Å². The van der Waals surface area contributed by atoms with Crippen molar-refractivity contribution in [3.63, 3.8) is 0 Å². The van der Waals surface area contributed by atoms with E-state index in [1.54, 1.807) is 11.5 Å². The third kappa shape index (κ3) is 5.98. The van der Waals surface area contributed by atoms with Gasteiger partial charge >= 0.3 is 5.97 Å². The number of carbonyl (C=O) groups is 1. The van der Waals surface area contributed by atoms with Gasteiger partial charge in [0.2, 0.25) is 0 Å². The topological polar surface area (TPSA) is 74.8 Å². The number of fused-ring (bicyclic) bond motifs is 2. The summed E-state index contributed by atoms with van der Waals surface area (Å²) in [4.78, 5) is 34.2. The monoisotopic (exact) mass is 679 g/mol. The predicted octanol–water partition coefficient (Wildman–Crippen LogP) is 6.99. The summed E-state index contributed by atoms with van der Waals surface area (Å²) in [6, 6.07) is 26.5. The minimum absolute atomic E-state index is 0.209. The predicted molar refractivity (Wildman–Crippen MR) is 189 cm³/mol. The number of ether oxygens (including phenoxy) is 2. The van der Waals surface area contributed by atoms with Gasteiger partial charge in [-0.15, -0.1) is 11.3 Å². The Morgan fingerprint density at radius 1 is 1.04 bits per heavy atom. The molecule has 3 aromatic carbocycles. The summed E-state index contributed by atoms with van der Waals surface area (Å²) in [7, 11) is 0. The number of para-hydroxylation sites is 1. The minimum atomic E-state index is -0.669. The van der Waals surface area contributed by atoms with Crippen LogP contribution in [0.15, 0.2) is 112 Å². The molecule has 0 aliphatic carbocycles. The van der Waals surface area contributed by atoms with E-state index in [2.05, 4.69) is 22.9 Å². The van der Waals surface area contributed by atoms with Crippen molar-refractivity contribution in [3.8, 4) is 5.75 Å². The number of benzene rings is 3. The van der Waals surface area contributed by atoms with E-state index >= 15 is 0 Å². The van der Waals surface area contributed by atoms with Gasteiger partial charge in [-0.3, -0.25) is 9.36 Å². The molecule has 1 atom stereocenters. The van der Waals surface area contributed by atoms with Gasteiger partial charge < -0.3 is 14.0 Å². The lowest BCUT2D eigenvalue weighted by atomic mass is 9.97. The first-order valence-electron chi connectivity index (χ1n) is 15.2. The number of hydrogen-bond acceptors (Lipinski definition) is 7. The number of rotatable bonds is 9. The van der Waals surface area contributed by atoms with Crippen molar-refractivity contribution in [2.75, 3.05) is 13.2 Å². The number of thiazole rings is 1. The van der Waals surface area contributed by atoms with Crippen molar-refractivity contribution in [1.29, 1.82) is 0 Å². The quantitative estimate of drug-likeness (QED) is 0.154. The number of nitrogens with zero attached hydrogens (tertiary/aromatic N) is 3. The molecule has 47 heavy (non-hydrogen) atoms. The Hall–Kier alpha value is -4.70. The second-order valence-electron chi connectivity index (χ2n) is 11.0. The van der Waals surface area contributed by atoms with Crippen molar-refractivity contribution in [1.82, 2.24) is 9.13 Å². The van der Waals surface area contributed by atoms with E-state index < -0.39 is 12.0 Å². The molecule has 6 aromatic rings. The summed E-state index contributed by atoms with van der Waals surface area (Å²) < 4.78 is 15.9. The van der Waals surface area contributed by atoms with Crippen LogP contribution in [0.2, 0.25) is 5.02 Å². The van der Waals surface area contributed by atoms with Crippen LogP contribution < -0.4 is 19.6 Å². The lowest BCUT2D eigenvalue weighted by Gasteiger charge is -2.24. The molecular weight excluding hydrogens is 650 g/mol. The number of aryl methyl sites for hydroxylation is 1. The van der Waals surface area contributed by atoms with Crippen LogP contribution in [0.5, 0.6) is 5.75 Å². The Bertz CT molecular complexity index is 2320. The zero-order chi connectivity index (χ0) is 32.5. The fourth-order valence-electron chi connectivity index (χ4n) is 5.84. The Labute approximate surface area is 283 Å². The summed E-state index contributed by atoms with van der Waals surface area (Å²) in [5, 5.41) is 3.68. The van der Waals surface area contributed by atoms with Gasteiger partial charge in [0, 0.05) is 38.1 Å². The van der Waals surface area contributed by atoms with E-state index in [-0.39, 0.29) is 12.2 Å². The van der Waals surface area contributed by atoms with Gasteiger partial charge in [0.25, 0.3) is 5.56 Å². The van der Waals surface area contributed by atoms with Crippen LogP contribution >= 0.6 is 34.3 Å². The van der Waals surface area contributed by atoms with E-state index in [1.807, 2.05) is 91.2 Å².